The van der Waals surface area contributed by atoms with E-state index in [0.29, 0.717) is 37.6 Å². The second-order valence-corrected chi connectivity index (χ2v) is 7.18. The van der Waals surface area contributed by atoms with Gasteiger partial charge in [0.05, 0.1) is 5.56 Å². The third-order valence-corrected chi connectivity index (χ3v) is 5.10. The minimum Gasteiger partial charge on any atom is -0.353 e. The highest BCUT2D eigenvalue weighted by Gasteiger charge is 2.31. The molecule has 0 aliphatic carbocycles. The maximum Gasteiger partial charge on any atom is 0.417 e. The Kier molecular flexibility index (Phi) is 5.94. The molecule has 0 unspecified atom stereocenters. The van der Waals surface area contributed by atoms with Crippen molar-refractivity contribution in [2.24, 2.45) is 0 Å². The predicted octanol–water partition coefficient (Wildman–Crippen LogP) is 3.93. The molecule has 2 aromatic rings. The average molecular weight is 395 g/mol. The quantitative estimate of drug-likeness (QED) is 0.786. The fraction of sp³-hybridized carbons (Fsp3) is 0.368. The summed E-state index contributed by atoms with van der Waals surface area (Å²) in [6.45, 7) is 2.09. The van der Waals surface area contributed by atoms with Crippen molar-refractivity contribution in [3.63, 3.8) is 0 Å². The summed E-state index contributed by atoms with van der Waals surface area (Å²) in [4.78, 5) is 20.2. The number of aromatic nitrogens is 1. The number of carbonyl (C=O) groups is 1. The third kappa shape index (κ3) is 4.74. The topological polar surface area (TPSA) is 36.4 Å². The molecule has 3 rings (SSSR count). The van der Waals surface area contributed by atoms with Crippen molar-refractivity contribution in [1.29, 1.82) is 0 Å². The number of halogens is 3. The molecule has 0 spiro atoms. The molecule has 0 N–H and O–H groups in total. The number of alkyl halides is 3. The van der Waals surface area contributed by atoms with Crippen molar-refractivity contribution in [3.05, 3.63) is 59.3 Å². The fourth-order valence-corrected chi connectivity index (χ4v) is 3.50. The zero-order chi connectivity index (χ0) is 19.4. The van der Waals surface area contributed by atoms with Crippen LogP contribution in [0.2, 0.25) is 0 Å². The molecule has 1 aliphatic heterocycles. The van der Waals surface area contributed by atoms with E-state index in [1.54, 1.807) is 16.7 Å². The van der Waals surface area contributed by atoms with Gasteiger partial charge in [-0.15, -0.1) is 0 Å². The lowest BCUT2D eigenvalue weighted by Gasteiger charge is -2.35. The number of anilines is 1. The van der Waals surface area contributed by atoms with E-state index < -0.39 is 11.7 Å². The van der Waals surface area contributed by atoms with E-state index in [4.69, 9.17) is 0 Å². The molecule has 1 saturated heterocycles. The number of hydrogen-bond donors (Lipinski definition) is 0. The fourth-order valence-electron chi connectivity index (χ4n) is 2.97. The van der Waals surface area contributed by atoms with Crippen molar-refractivity contribution < 1.29 is 18.0 Å². The molecule has 27 heavy (non-hydrogen) atoms. The van der Waals surface area contributed by atoms with Crippen molar-refractivity contribution in [3.8, 4) is 0 Å². The Hall–Kier alpha value is -2.22. The first-order chi connectivity index (χ1) is 12.9. The number of rotatable bonds is 4. The SMILES string of the molecule is CSCc1ccc(C(=O)N2CCN(c3ccc(C(F)(F)F)cn3)CC2)cc1. The third-order valence-electron chi connectivity index (χ3n) is 4.48. The zero-order valence-corrected chi connectivity index (χ0v) is 15.7. The summed E-state index contributed by atoms with van der Waals surface area (Å²) in [5.74, 6) is 1.38. The molecule has 0 atom stereocenters. The molecular weight excluding hydrogens is 375 g/mol. The van der Waals surface area contributed by atoms with Crippen molar-refractivity contribution in [2.75, 3.05) is 37.3 Å². The highest BCUT2D eigenvalue weighted by molar-refractivity contribution is 7.97. The van der Waals surface area contributed by atoms with Crippen LogP contribution >= 0.6 is 11.8 Å². The molecule has 8 heteroatoms. The van der Waals surface area contributed by atoms with Gasteiger partial charge in [-0.25, -0.2) is 4.98 Å². The summed E-state index contributed by atoms with van der Waals surface area (Å²) >= 11 is 1.73. The van der Waals surface area contributed by atoms with Crippen LogP contribution in [0.5, 0.6) is 0 Å². The molecule has 1 fully saturated rings. The van der Waals surface area contributed by atoms with E-state index in [0.717, 1.165) is 18.0 Å². The van der Waals surface area contributed by atoms with Crippen LogP contribution < -0.4 is 4.90 Å². The Morgan fingerprint density at radius 1 is 1.07 bits per heavy atom. The summed E-state index contributed by atoms with van der Waals surface area (Å²) in [5.41, 5.74) is 1.07. The largest absolute Gasteiger partial charge is 0.417 e. The number of nitrogens with zero attached hydrogens (tertiary/aromatic N) is 3. The highest BCUT2D eigenvalue weighted by atomic mass is 32.2. The Balaban J connectivity index is 1.59. The first kappa shape index (κ1) is 19.5. The van der Waals surface area contributed by atoms with Crippen LogP contribution in [0.25, 0.3) is 0 Å². The van der Waals surface area contributed by atoms with Gasteiger partial charge >= 0.3 is 6.18 Å². The number of piperazine rings is 1. The van der Waals surface area contributed by atoms with Gasteiger partial charge in [-0.1, -0.05) is 12.1 Å². The lowest BCUT2D eigenvalue weighted by Crippen LogP contribution is -2.49. The molecular formula is C19H20F3N3OS. The molecule has 1 aromatic carbocycles. The maximum absolute atomic E-state index is 12.6. The van der Waals surface area contributed by atoms with Crippen LogP contribution in [-0.4, -0.2) is 48.2 Å². The van der Waals surface area contributed by atoms with Gasteiger partial charge in [-0.2, -0.15) is 24.9 Å². The predicted molar refractivity (Wildman–Crippen MR) is 101 cm³/mol. The van der Waals surface area contributed by atoms with Crippen LogP contribution in [0.1, 0.15) is 21.5 Å². The highest BCUT2D eigenvalue weighted by Crippen LogP contribution is 2.29. The normalized spacial score (nSPS) is 15.1. The number of carbonyl (C=O) groups excluding carboxylic acids is 1. The minimum absolute atomic E-state index is 0.0225. The van der Waals surface area contributed by atoms with E-state index in [1.807, 2.05) is 35.4 Å². The minimum atomic E-state index is -4.39. The zero-order valence-electron chi connectivity index (χ0n) is 14.9. The summed E-state index contributed by atoms with van der Waals surface area (Å²) < 4.78 is 37.9. The second-order valence-electron chi connectivity index (χ2n) is 6.31. The number of benzene rings is 1. The first-order valence-corrected chi connectivity index (χ1v) is 9.93. The standard InChI is InChI=1S/C19H20F3N3OS/c1-27-13-14-2-4-15(5-3-14)18(26)25-10-8-24(9-11-25)17-7-6-16(12-23-17)19(20,21)22/h2-7,12H,8-11,13H2,1H3. The van der Waals surface area contributed by atoms with E-state index in [9.17, 15) is 18.0 Å². The monoisotopic (exact) mass is 395 g/mol. The van der Waals surface area contributed by atoms with Gasteiger partial charge in [0.15, 0.2) is 0 Å². The van der Waals surface area contributed by atoms with Gasteiger partial charge in [-0.3, -0.25) is 4.79 Å². The van der Waals surface area contributed by atoms with Crippen LogP contribution in [0, 0.1) is 0 Å². The van der Waals surface area contributed by atoms with E-state index in [1.165, 1.54) is 11.6 Å². The molecule has 0 saturated carbocycles. The Labute approximate surface area is 160 Å². The molecule has 1 aromatic heterocycles. The number of thioether (sulfide) groups is 1. The maximum atomic E-state index is 12.6. The summed E-state index contributed by atoms with van der Waals surface area (Å²) in [6.07, 6.45) is -1.50. The van der Waals surface area contributed by atoms with Crippen molar-refractivity contribution in [2.45, 2.75) is 11.9 Å². The van der Waals surface area contributed by atoms with E-state index in [2.05, 4.69) is 4.98 Å². The number of pyridine rings is 1. The van der Waals surface area contributed by atoms with Gasteiger partial charge in [0.2, 0.25) is 0 Å². The van der Waals surface area contributed by atoms with Crippen molar-refractivity contribution in [1.82, 2.24) is 9.88 Å². The van der Waals surface area contributed by atoms with Gasteiger partial charge in [0, 0.05) is 43.7 Å². The summed E-state index contributed by atoms with van der Waals surface area (Å²) in [7, 11) is 0. The van der Waals surface area contributed by atoms with Gasteiger partial charge < -0.3 is 9.80 Å². The van der Waals surface area contributed by atoms with Crippen LogP contribution in [0.3, 0.4) is 0 Å². The van der Waals surface area contributed by atoms with Gasteiger partial charge in [-0.05, 0) is 36.1 Å². The molecule has 0 bridgehead atoms. The van der Waals surface area contributed by atoms with Gasteiger partial charge in [0.25, 0.3) is 5.91 Å². The van der Waals surface area contributed by atoms with Gasteiger partial charge in [0.1, 0.15) is 5.82 Å². The molecule has 1 amide bonds. The Morgan fingerprint density at radius 2 is 1.74 bits per heavy atom. The molecule has 2 heterocycles. The number of amides is 1. The van der Waals surface area contributed by atoms with Crippen LogP contribution in [-0.2, 0) is 11.9 Å². The number of hydrogen-bond acceptors (Lipinski definition) is 4. The van der Waals surface area contributed by atoms with Crippen molar-refractivity contribution >= 4 is 23.5 Å². The molecule has 1 aliphatic rings. The Morgan fingerprint density at radius 3 is 2.26 bits per heavy atom. The smallest absolute Gasteiger partial charge is 0.353 e. The summed E-state index contributed by atoms with van der Waals surface area (Å²) in [5, 5.41) is 0. The molecule has 4 nitrogen and oxygen atoms in total. The average Bonchev–Trinajstić information content (AvgIpc) is 2.68. The second kappa shape index (κ2) is 8.21. The molecule has 144 valence electrons. The van der Waals surface area contributed by atoms with Crippen LogP contribution in [0.15, 0.2) is 42.6 Å². The van der Waals surface area contributed by atoms with Crippen LogP contribution in [0.4, 0.5) is 19.0 Å². The Bertz CT molecular complexity index is 770. The lowest BCUT2D eigenvalue weighted by atomic mass is 10.1. The first-order valence-electron chi connectivity index (χ1n) is 8.54. The van der Waals surface area contributed by atoms with E-state index in [-0.39, 0.29) is 5.91 Å². The summed E-state index contributed by atoms with van der Waals surface area (Å²) in [6, 6.07) is 10.0. The van der Waals surface area contributed by atoms with E-state index >= 15 is 0 Å². The molecule has 0 radical (unpaired) electrons. The lowest BCUT2D eigenvalue weighted by molar-refractivity contribution is -0.137.